The summed E-state index contributed by atoms with van der Waals surface area (Å²) in [5.41, 5.74) is 0.207. The molecular formula is C25H26ClN3O6. The van der Waals surface area contributed by atoms with Crippen LogP contribution >= 0.6 is 11.6 Å². The SMILES string of the molecule is CN(CC(c1ccc(OC(=O)c2ccccc2Cl)cc1)c1nccn1C(=O)O)C(=O)OC(C)(C)C. The summed E-state index contributed by atoms with van der Waals surface area (Å²) in [7, 11) is 1.56. The van der Waals surface area contributed by atoms with Crippen LogP contribution in [0.3, 0.4) is 0 Å². The smallest absolute Gasteiger partial charge is 0.417 e. The zero-order chi connectivity index (χ0) is 25.8. The van der Waals surface area contributed by atoms with Crippen molar-refractivity contribution in [2.45, 2.75) is 32.3 Å². The van der Waals surface area contributed by atoms with E-state index in [4.69, 9.17) is 21.1 Å². The fourth-order valence-electron chi connectivity index (χ4n) is 3.32. The number of hydrogen-bond donors (Lipinski definition) is 1. The maximum Gasteiger partial charge on any atom is 0.417 e. The zero-order valence-corrected chi connectivity index (χ0v) is 20.5. The van der Waals surface area contributed by atoms with E-state index in [1.54, 1.807) is 76.3 Å². The van der Waals surface area contributed by atoms with E-state index in [1.807, 2.05) is 0 Å². The molecule has 0 aliphatic carbocycles. The van der Waals surface area contributed by atoms with Crippen molar-refractivity contribution >= 4 is 29.8 Å². The third-order valence-electron chi connectivity index (χ3n) is 4.94. The number of likely N-dealkylation sites (N-methyl/N-ethyl adjacent to an activating group) is 1. The van der Waals surface area contributed by atoms with Gasteiger partial charge < -0.3 is 19.5 Å². The van der Waals surface area contributed by atoms with Crippen molar-refractivity contribution in [3.05, 3.63) is 82.9 Å². The standard InChI is InChI=1S/C25H26ClN3O6/c1-25(2,3)35-24(33)28(4)15-19(21-27-13-14-29(21)23(31)32)16-9-11-17(12-10-16)34-22(30)18-7-5-6-8-20(18)26/h5-14,19H,15H2,1-4H3,(H,31,32). The highest BCUT2D eigenvalue weighted by Gasteiger charge is 2.27. The molecule has 0 bridgehead atoms. The largest absolute Gasteiger partial charge is 0.464 e. The fraction of sp³-hybridized carbons (Fsp3) is 0.280. The highest BCUT2D eigenvalue weighted by Crippen LogP contribution is 2.28. The van der Waals surface area contributed by atoms with Gasteiger partial charge in [-0.05, 0) is 50.6 Å². The van der Waals surface area contributed by atoms with Crippen LogP contribution in [-0.2, 0) is 4.74 Å². The van der Waals surface area contributed by atoms with Crippen molar-refractivity contribution in [1.82, 2.24) is 14.5 Å². The Kier molecular flexibility index (Phi) is 7.81. The summed E-state index contributed by atoms with van der Waals surface area (Å²) < 4.78 is 11.8. The number of carbonyl (C=O) groups excluding carboxylic acids is 2. The summed E-state index contributed by atoms with van der Waals surface area (Å²) >= 11 is 6.06. The van der Waals surface area contributed by atoms with Crippen LogP contribution in [0.2, 0.25) is 5.02 Å². The molecule has 1 aromatic heterocycles. The molecule has 0 spiro atoms. The van der Waals surface area contributed by atoms with Gasteiger partial charge in [0.2, 0.25) is 0 Å². The minimum absolute atomic E-state index is 0.0952. The normalized spacial score (nSPS) is 12.0. The van der Waals surface area contributed by atoms with Crippen LogP contribution in [0, 0.1) is 0 Å². The number of rotatable bonds is 6. The number of imidazole rings is 1. The molecule has 0 aliphatic heterocycles. The van der Waals surface area contributed by atoms with Gasteiger partial charge in [0.1, 0.15) is 17.2 Å². The second-order valence-corrected chi connectivity index (χ2v) is 9.20. The molecule has 0 fully saturated rings. The number of esters is 1. The first-order chi connectivity index (χ1) is 16.5. The molecule has 0 saturated carbocycles. The van der Waals surface area contributed by atoms with E-state index in [9.17, 15) is 19.5 Å². The first kappa shape index (κ1) is 25.8. The molecule has 9 nitrogen and oxygen atoms in total. The third-order valence-corrected chi connectivity index (χ3v) is 5.27. The molecule has 3 rings (SSSR count). The summed E-state index contributed by atoms with van der Waals surface area (Å²) in [5.74, 6) is -0.703. The second kappa shape index (κ2) is 10.6. The molecule has 1 N–H and O–H groups in total. The predicted molar refractivity (Wildman–Crippen MR) is 129 cm³/mol. The molecule has 35 heavy (non-hydrogen) atoms. The van der Waals surface area contributed by atoms with Crippen molar-refractivity contribution in [3.63, 3.8) is 0 Å². The molecule has 1 atom stereocenters. The molecule has 1 amide bonds. The van der Waals surface area contributed by atoms with Gasteiger partial charge in [-0.15, -0.1) is 0 Å². The van der Waals surface area contributed by atoms with E-state index in [0.717, 1.165) is 4.57 Å². The molecular weight excluding hydrogens is 474 g/mol. The highest BCUT2D eigenvalue weighted by atomic mass is 35.5. The second-order valence-electron chi connectivity index (χ2n) is 8.79. The van der Waals surface area contributed by atoms with Crippen LogP contribution in [-0.4, -0.2) is 56.9 Å². The molecule has 3 aromatic rings. The summed E-state index contributed by atoms with van der Waals surface area (Å²) in [6, 6.07) is 13.1. The van der Waals surface area contributed by atoms with Crippen molar-refractivity contribution in [2.75, 3.05) is 13.6 Å². The Morgan fingerprint density at radius 1 is 1.11 bits per heavy atom. The number of aromatic nitrogens is 2. The Hall–Kier alpha value is -3.85. The number of carboxylic acid groups (broad SMARTS) is 1. The van der Waals surface area contributed by atoms with Crippen molar-refractivity contribution in [3.8, 4) is 5.75 Å². The number of ether oxygens (including phenoxy) is 2. The molecule has 0 aliphatic rings. The fourth-order valence-corrected chi connectivity index (χ4v) is 3.53. The quantitative estimate of drug-likeness (QED) is 0.362. The molecule has 0 saturated heterocycles. The first-order valence-corrected chi connectivity index (χ1v) is 11.1. The van der Waals surface area contributed by atoms with Gasteiger partial charge in [-0.25, -0.2) is 23.9 Å². The van der Waals surface area contributed by atoms with E-state index in [-0.39, 0.29) is 28.7 Å². The minimum Gasteiger partial charge on any atom is -0.464 e. The summed E-state index contributed by atoms with van der Waals surface area (Å²) in [6.45, 7) is 5.37. The van der Waals surface area contributed by atoms with E-state index in [0.29, 0.717) is 5.56 Å². The zero-order valence-electron chi connectivity index (χ0n) is 19.8. The van der Waals surface area contributed by atoms with Gasteiger partial charge in [0.05, 0.1) is 16.5 Å². The van der Waals surface area contributed by atoms with Gasteiger partial charge in [-0.3, -0.25) is 0 Å². The summed E-state index contributed by atoms with van der Waals surface area (Å²) in [4.78, 5) is 42.3. The van der Waals surface area contributed by atoms with Crippen molar-refractivity contribution < 1.29 is 29.0 Å². The molecule has 1 heterocycles. The molecule has 184 valence electrons. The predicted octanol–water partition coefficient (Wildman–Crippen LogP) is 5.28. The molecule has 10 heteroatoms. The van der Waals surface area contributed by atoms with Crippen LogP contribution in [0.25, 0.3) is 0 Å². The van der Waals surface area contributed by atoms with Gasteiger partial charge in [-0.2, -0.15) is 0 Å². The lowest BCUT2D eigenvalue weighted by molar-refractivity contribution is 0.0292. The Bertz CT molecular complexity index is 1220. The van der Waals surface area contributed by atoms with Crippen LogP contribution < -0.4 is 4.74 Å². The first-order valence-electron chi connectivity index (χ1n) is 10.7. The van der Waals surface area contributed by atoms with E-state index in [1.165, 1.54) is 17.3 Å². The van der Waals surface area contributed by atoms with E-state index in [2.05, 4.69) is 4.98 Å². The minimum atomic E-state index is -1.20. The summed E-state index contributed by atoms with van der Waals surface area (Å²) in [5, 5.41) is 9.85. The molecule has 2 aromatic carbocycles. The molecule has 1 unspecified atom stereocenters. The lowest BCUT2D eigenvalue weighted by Crippen LogP contribution is -2.37. The number of benzene rings is 2. The number of carbonyl (C=O) groups is 3. The van der Waals surface area contributed by atoms with Crippen LogP contribution in [0.15, 0.2) is 60.9 Å². The van der Waals surface area contributed by atoms with Crippen LogP contribution in [0.5, 0.6) is 5.75 Å². The van der Waals surface area contributed by atoms with Gasteiger partial charge in [-0.1, -0.05) is 35.9 Å². The van der Waals surface area contributed by atoms with Gasteiger partial charge in [0, 0.05) is 26.0 Å². The average Bonchev–Trinajstić information content (AvgIpc) is 3.27. The van der Waals surface area contributed by atoms with Crippen LogP contribution in [0.4, 0.5) is 9.59 Å². The third kappa shape index (κ3) is 6.60. The lowest BCUT2D eigenvalue weighted by atomic mass is 9.97. The lowest BCUT2D eigenvalue weighted by Gasteiger charge is -2.27. The monoisotopic (exact) mass is 499 g/mol. The Morgan fingerprint density at radius 3 is 2.37 bits per heavy atom. The topological polar surface area (TPSA) is 111 Å². The maximum atomic E-state index is 12.5. The Morgan fingerprint density at radius 2 is 1.77 bits per heavy atom. The van der Waals surface area contributed by atoms with E-state index < -0.39 is 29.7 Å². The van der Waals surface area contributed by atoms with Gasteiger partial charge in [0.15, 0.2) is 0 Å². The Labute approximate surface area is 207 Å². The van der Waals surface area contributed by atoms with Gasteiger partial charge >= 0.3 is 18.2 Å². The highest BCUT2D eigenvalue weighted by molar-refractivity contribution is 6.33. The maximum absolute atomic E-state index is 12.5. The van der Waals surface area contributed by atoms with Gasteiger partial charge in [0.25, 0.3) is 0 Å². The number of nitrogens with zero attached hydrogens (tertiary/aromatic N) is 3. The average molecular weight is 500 g/mol. The van der Waals surface area contributed by atoms with E-state index >= 15 is 0 Å². The van der Waals surface area contributed by atoms with Crippen LogP contribution in [0.1, 0.15) is 48.4 Å². The summed E-state index contributed by atoms with van der Waals surface area (Å²) in [6.07, 6.45) is 0.954. The number of hydrogen-bond acceptors (Lipinski definition) is 6. The Balaban J connectivity index is 1.87. The number of amides is 1. The van der Waals surface area contributed by atoms with Crippen molar-refractivity contribution in [2.24, 2.45) is 0 Å². The van der Waals surface area contributed by atoms with Crippen molar-refractivity contribution in [1.29, 1.82) is 0 Å². The number of halogens is 1. The molecule has 0 radical (unpaired) electrons.